The van der Waals surface area contributed by atoms with E-state index in [2.05, 4.69) is 28.4 Å². The number of pyridine rings is 1. The van der Waals surface area contributed by atoms with E-state index in [9.17, 15) is 0 Å². The van der Waals surface area contributed by atoms with Crippen LogP contribution in [0.25, 0.3) is 10.9 Å². The Morgan fingerprint density at radius 2 is 2.05 bits per heavy atom. The second-order valence-corrected chi connectivity index (χ2v) is 5.82. The lowest BCUT2D eigenvalue weighted by atomic mass is 10.1. The molecule has 110 valence electrons. The fraction of sp³-hybridized carbons (Fsp3) is 0.471. The van der Waals surface area contributed by atoms with E-state index in [1.807, 2.05) is 7.05 Å². The maximum absolute atomic E-state index is 5.45. The van der Waals surface area contributed by atoms with Crippen molar-refractivity contribution in [1.82, 2.24) is 4.98 Å². The van der Waals surface area contributed by atoms with Gasteiger partial charge in [0.25, 0.3) is 0 Å². The number of aryl methyl sites for hydroxylation is 1. The van der Waals surface area contributed by atoms with E-state index in [0.717, 1.165) is 44.7 Å². The van der Waals surface area contributed by atoms with Gasteiger partial charge in [-0.25, -0.2) is 0 Å². The number of hydrogen-bond acceptors (Lipinski definition) is 4. The monoisotopic (exact) mass is 283 g/mol. The molecular formula is C17H21N3O. The van der Waals surface area contributed by atoms with Crippen LogP contribution in [0.3, 0.4) is 0 Å². The Hall–Kier alpha value is -1.81. The van der Waals surface area contributed by atoms with E-state index in [4.69, 9.17) is 9.72 Å². The Bertz CT molecular complexity index is 677. The van der Waals surface area contributed by atoms with Crippen LogP contribution >= 0.6 is 0 Å². The highest BCUT2D eigenvalue weighted by Gasteiger charge is 2.20. The van der Waals surface area contributed by atoms with Crippen molar-refractivity contribution >= 4 is 22.3 Å². The summed E-state index contributed by atoms with van der Waals surface area (Å²) in [7, 11) is 2.02. The zero-order chi connectivity index (χ0) is 14.2. The summed E-state index contributed by atoms with van der Waals surface area (Å²) in [5, 5.41) is 4.67. The minimum Gasteiger partial charge on any atom is -0.387 e. The molecule has 0 radical (unpaired) electrons. The van der Waals surface area contributed by atoms with Gasteiger partial charge in [0, 0.05) is 42.6 Å². The maximum Gasteiger partial charge on any atom is 0.0727 e. The van der Waals surface area contributed by atoms with E-state index < -0.39 is 0 Å². The van der Waals surface area contributed by atoms with Crippen molar-refractivity contribution < 1.29 is 4.74 Å². The molecule has 1 N–H and O–H groups in total. The summed E-state index contributed by atoms with van der Waals surface area (Å²) in [4.78, 5) is 7.27. The van der Waals surface area contributed by atoms with E-state index in [1.165, 1.54) is 34.4 Å². The first kappa shape index (κ1) is 12.9. The van der Waals surface area contributed by atoms with Crippen LogP contribution < -0.4 is 10.2 Å². The quantitative estimate of drug-likeness (QED) is 0.919. The molecule has 0 atom stereocenters. The number of aromatic nitrogens is 1. The van der Waals surface area contributed by atoms with Gasteiger partial charge in [-0.1, -0.05) is 0 Å². The van der Waals surface area contributed by atoms with Gasteiger partial charge in [0.2, 0.25) is 0 Å². The van der Waals surface area contributed by atoms with Crippen LogP contribution in [-0.2, 0) is 17.6 Å². The summed E-state index contributed by atoms with van der Waals surface area (Å²) >= 11 is 0. The lowest BCUT2D eigenvalue weighted by Gasteiger charge is -2.29. The summed E-state index contributed by atoms with van der Waals surface area (Å²) in [5.74, 6) is 0. The van der Waals surface area contributed by atoms with Gasteiger partial charge < -0.3 is 15.0 Å². The van der Waals surface area contributed by atoms with Gasteiger partial charge in [-0.2, -0.15) is 0 Å². The van der Waals surface area contributed by atoms with Gasteiger partial charge in [0.15, 0.2) is 0 Å². The standard InChI is InChI=1S/C17H21N3O/c1-18-17-13-3-2-4-15(13)19-16-6-5-12(11-14(16)17)20-7-9-21-10-8-20/h5-6,11H,2-4,7-10H2,1H3,(H,18,19). The zero-order valence-electron chi connectivity index (χ0n) is 12.5. The Labute approximate surface area is 125 Å². The summed E-state index contributed by atoms with van der Waals surface area (Å²) in [6, 6.07) is 6.65. The zero-order valence-corrected chi connectivity index (χ0v) is 12.5. The Kier molecular flexibility index (Phi) is 3.19. The Balaban J connectivity index is 1.84. The summed E-state index contributed by atoms with van der Waals surface area (Å²) in [6.45, 7) is 3.58. The summed E-state index contributed by atoms with van der Waals surface area (Å²) in [5.41, 5.74) is 6.37. The van der Waals surface area contributed by atoms with Crippen LogP contribution in [0.1, 0.15) is 17.7 Å². The topological polar surface area (TPSA) is 37.4 Å². The molecule has 4 nitrogen and oxygen atoms in total. The molecule has 0 unspecified atom stereocenters. The highest BCUT2D eigenvalue weighted by molar-refractivity contribution is 5.95. The number of fused-ring (bicyclic) bond motifs is 2. The number of nitrogens with one attached hydrogen (secondary N) is 1. The van der Waals surface area contributed by atoms with Crippen LogP contribution in [0.4, 0.5) is 11.4 Å². The van der Waals surface area contributed by atoms with Crippen molar-refractivity contribution in [2.24, 2.45) is 0 Å². The predicted octanol–water partition coefficient (Wildman–Crippen LogP) is 2.60. The molecule has 1 aliphatic heterocycles. The number of rotatable bonds is 2. The number of morpholine rings is 1. The third-order valence-electron chi connectivity index (χ3n) is 4.62. The van der Waals surface area contributed by atoms with Crippen molar-refractivity contribution in [2.75, 3.05) is 43.6 Å². The Morgan fingerprint density at radius 3 is 2.86 bits per heavy atom. The smallest absolute Gasteiger partial charge is 0.0727 e. The highest BCUT2D eigenvalue weighted by atomic mass is 16.5. The number of benzene rings is 1. The molecule has 0 spiro atoms. The van der Waals surface area contributed by atoms with Crippen molar-refractivity contribution in [3.63, 3.8) is 0 Å². The third kappa shape index (κ3) is 2.14. The molecule has 1 aromatic carbocycles. The lowest BCUT2D eigenvalue weighted by molar-refractivity contribution is 0.122. The third-order valence-corrected chi connectivity index (χ3v) is 4.62. The van der Waals surface area contributed by atoms with E-state index in [-0.39, 0.29) is 0 Å². The van der Waals surface area contributed by atoms with Crippen LogP contribution in [0.15, 0.2) is 18.2 Å². The molecule has 0 bridgehead atoms. The first-order chi connectivity index (χ1) is 10.4. The van der Waals surface area contributed by atoms with Crippen molar-refractivity contribution in [3.05, 3.63) is 29.5 Å². The summed E-state index contributed by atoms with van der Waals surface area (Å²) in [6.07, 6.45) is 3.49. The van der Waals surface area contributed by atoms with Gasteiger partial charge in [-0.15, -0.1) is 0 Å². The molecule has 4 heteroatoms. The molecule has 0 amide bonds. The largest absolute Gasteiger partial charge is 0.387 e. The molecule has 1 aromatic heterocycles. The molecule has 21 heavy (non-hydrogen) atoms. The molecule has 1 aliphatic carbocycles. The van der Waals surface area contributed by atoms with Gasteiger partial charge in [-0.3, -0.25) is 4.98 Å². The molecule has 2 heterocycles. The molecule has 4 rings (SSSR count). The summed E-state index contributed by atoms with van der Waals surface area (Å²) < 4.78 is 5.45. The van der Waals surface area contributed by atoms with Crippen molar-refractivity contribution in [2.45, 2.75) is 19.3 Å². The van der Waals surface area contributed by atoms with Crippen LogP contribution in [-0.4, -0.2) is 38.3 Å². The molecule has 2 aliphatic rings. The minimum absolute atomic E-state index is 0.819. The van der Waals surface area contributed by atoms with Crippen LogP contribution in [0.2, 0.25) is 0 Å². The van der Waals surface area contributed by atoms with Gasteiger partial charge in [0.05, 0.1) is 18.7 Å². The molecule has 2 aromatic rings. The number of anilines is 2. The fourth-order valence-electron chi connectivity index (χ4n) is 3.55. The van der Waals surface area contributed by atoms with Crippen LogP contribution in [0, 0.1) is 0 Å². The van der Waals surface area contributed by atoms with Gasteiger partial charge in [0.1, 0.15) is 0 Å². The second kappa shape index (κ2) is 5.19. The molecule has 0 saturated carbocycles. The minimum atomic E-state index is 0.819. The fourth-order valence-corrected chi connectivity index (χ4v) is 3.55. The number of nitrogens with zero attached hydrogens (tertiary/aromatic N) is 2. The molecular weight excluding hydrogens is 262 g/mol. The van der Waals surface area contributed by atoms with Crippen molar-refractivity contribution in [3.8, 4) is 0 Å². The van der Waals surface area contributed by atoms with E-state index >= 15 is 0 Å². The Morgan fingerprint density at radius 1 is 1.19 bits per heavy atom. The normalized spacial score (nSPS) is 18.0. The number of hydrogen-bond donors (Lipinski definition) is 1. The van der Waals surface area contributed by atoms with Crippen LogP contribution in [0.5, 0.6) is 0 Å². The maximum atomic E-state index is 5.45. The van der Waals surface area contributed by atoms with E-state index in [1.54, 1.807) is 0 Å². The highest BCUT2D eigenvalue weighted by Crippen LogP contribution is 2.35. The van der Waals surface area contributed by atoms with E-state index in [0.29, 0.717) is 0 Å². The first-order valence-corrected chi connectivity index (χ1v) is 7.83. The lowest BCUT2D eigenvalue weighted by Crippen LogP contribution is -2.36. The van der Waals surface area contributed by atoms with Gasteiger partial charge in [-0.05, 0) is 43.0 Å². The number of ether oxygens (including phenoxy) is 1. The average molecular weight is 283 g/mol. The van der Waals surface area contributed by atoms with Gasteiger partial charge >= 0.3 is 0 Å². The second-order valence-electron chi connectivity index (χ2n) is 5.82. The van der Waals surface area contributed by atoms with Crippen molar-refractivity contribution in [1.29, 1.82) is 0 Å². The molecule has 1 saturated heterocycles. The first-order valence-electron chi connectivity index (χ1n) is 7.83. The molecule has 1 fully saturated rings. The average Bonchev–Trinajstić information content (AvgIpc) is 3.01. The SMILES string of the molecule is CNc1c2c(nc3ccc(N4CCOCC4)cc13)CCC2. The predicted molar refractivity (Wildman–Crippen MR) is 86.3 cm³/mol.